The quantitative estimate of drug-likeness (QED) is 0.669. The number of rotatable bonds is 3. The molecule has 0 bridgehead atoms. The van der Waals surface area contributed by atoms with Crippen LogP contribution in [0.1, 0.15) is 34.1 Å². The molecule has 0 aliphatic carbocycles. The smallest absolute Gasteiger partial charge is 0.0992 e. The first kappa shape index (κ1) is 11.0. The Morgan fingerprint density at radius 1 is 1.31 bits per heavy atom. The van der Waals surface area contributed by atoms with Gasteiger partial charge in [0.05, 0.1) is 13.3 Å². The van der Waals surface area contributed by atoms with Crippen molar-refractivity contribution in [1.29, 1.82) is 0 Å². The SMILES string of the molecule is CC(C)CC1COCN(C(C)C)C1. The van der Waals surface area contributed by atoms with Gasteiger partial charge in [-0.2, -0.15) is 0 Å². The molecule has 1 heterocycles. The largest absolute Gasteiger partial charge is 0.366 e. The third kappa shape index (κ3) is 3.65. The Morgan fingerprint density at radius 3 is 2.54 bits per heavy atom. The highest BCUT2D eigenvalue weighted by Crippen LogP contribution is 2.18. The summed E-state index contributed by atoms with van der Waals surface area (Å²) in [5, 5.41) is 0. The summed E-state index contributed by atoms with van der Waals surface area (Å²) in [5.41, 5.74) is 0. The molecule has 1 aliphatic heterocycles. The molecule has 1 fully saturated rings. The zero-order chi connectivity index (χ0) is 9.84. The summed E-state index contributed by atoms with van der Waals surface area (Å²) in [6.45, 7) is 12.0. The van der Waals surface area contributed by atoms with E-state index in [4.69, 9.17) is 4.74 Å². The van der Waals surface area contributed by atoms with Crippen molar-refractivity contribution in [1.82, 2.24) is 4.90 Å². The molecule has 0 saturated carbocycles. The number of nitrogens with zero attached hydrogens (tertiary/aromatic N) is 1. The molecule has 1 aliphatic rings. The Morgan fingerprint density at radius 2 is 2.00 bits per heavy atom. The maximum Gasteiger partial charge on any atom is 0.0992 e. The highest BCUT2D eigenvalue weighted by molar-refractivity contribution is 4.71. The molecule has 0 spiro atoms. The van der Waals surface area contributed by atoms with Crippen LogP contribution in [0.5, 0.6) is 0 Å². The standard InChI is InChI=1S/C11H23NO/c1-9(2)5-11-6-12(10(3)4)8-13-7-11/h9-11H,5-8H2,1-4H3. The molecule has 1 atom stereocenters. The lowest BCUT2D eigenvalue weighted by atomic mass is 9.96. The van der Waals surface area contributed by atoms with Crippen LogP contribution in [0.4, 0.5) is 0 Å². The molecule has 2 heteroatoms. The van der Waals surface area contributed by atoms with Gasteiger partial charge in [0.15, 0.2) is 0 Å². The molecule has 1 saturated heterocycles. The Kier molecular flexibility index (Phi) is 4.20. The monoisotopic (exact) mass is 185 g/mol. The van der Waals surface area contributed by atoms with Crippen molar-refractivity contribution in [3.05, 3.63) is 0 Å². The van der Waals surface area contributed by atoms with Gasteiger partial charge in [0, 0.05) is 12.6 Å². The summed E-state index contributed by atoms with van der Waals surface area (Å²) in [4.78, 5) is 2.41. The van der Waals surface area contributed by atoms with E-state index in [0.717, 1.165) is 25.2 Å². The second-order valence-electron chi connectivity index (χ2n) is 4.86. The lowest BCUT2D eigenvalue weighted by Crippen LogP contribution is -2.43. The average Bonchev–Trinajstić information content (AvgIpc) is 2.03. The van der Waals surface area contributed by atoms with Crippen molar-refractivity contribution in [2.75, 3.05) is 19.9 Å². The van der Waals surface area contributed by atoms with Gasteiger partial charge in [-0.15, -0.1) is 0 Å². The average molecular weight is 185 g/mol. The minimum absolute atomic E-state index is 0.620. The van der Waals surface area contributed by atoms with Gasteiger partial charge in [-0.1, -0.05) is 13.8 Å². The zero-order valence-electron chi connectivity index (χ0n) is 9.42. The summed E-state index contributed by atoms with van der Waals surface area (Å²) >= 11 is 0. The van der Waals surface area contributed by atoms with Crippen molar-refractivity contribution in [3.8, 4) is 0 Å². The van der Waals surface area contributed by atoms with E-state index in [9.17, 15) is 0 Å². The number of hydrogen-bond donors (Lipinski definition) is 0. The molecule has 2 nitrogen and oxygen atoms in total. The second kappa shape index (κ2) is 4.97. The van der Waals surface area contributed by atoms with Crippen LogP contribution in [0, 0.1) is 11.8 Å². The van der Waals surface area contributed by atoms with E-state index in [0.29, 0.717) is 6.04 Å². The summed E-state index contributed by atoms with van der Waals surface area (Å²) in [5.74, 6) is 1.54. The van der Waals surface area contributed by atoms with Gasteiger partial charge in [-0.3, -0.25) is 4.90 Å². The molecule has 0 amide bonds. The van der Waals surface area contributed by atoms with Gasteiger partial charge in [0.2, 0.25) is 0 Å². The second-order valence-corrected chi connectivity index (χ2v) is 4.86. The van der Waals surface area contributed by atoms with Crippen LogP contribution in [0.2, 0.25) is 0 Å². The Bertz CT molecular complexity index is 145. The molecule has 0 N–H and O–H groups in total. The van der Waals surface area contributed by atoms with E-state index < -0.39 is 0 Å². The Labute approximate surface area is 82.3 Å². The van der Waals surface area contributed by atoms with Crippen LogP contribution in [0.3, 0.4) is 0 Å². The Balaban J connectivity index is 2.33. The summed E-state index contributed by atoms with van der Waals surface area (Å²) in [7, 11) is 0. The predicted octanol–water partition coefficient (Wildman–Crippen LogP) is 2.35. The Hall–Kier alpha value is -0.0800. The molecule has 1 unspecified atom stereocenters. The fourth-order valence-corrected chi connectivity index (χ4v) is 1.94. The van der Waals surface area contributed by atoms with Crippen molar-refractivity contribution in [2.24, 2.45) is 11.8 Å². The first-order valence-corrected chi connectivity index (χ1v) is 5.41. The highest BCUT2D eigenvalue weighted by atomic mass is 16.5. The van der Waals surface area contributed by atoms with Crippen molar-refractivity contribution >= 4 is 0 Å². The predicted molar refractivity (Wildman–Crippen MR) is 55.6 cm³/mol. The zero-order valence-corrected chi connectivity index (χ0v) is 9.42. The van der Waals surface area contributed by atoms with Crippen LogP contribution in [0.25, 0.3) is 0 Å². The van der Waals surface area contributed by atoms with Crippen LogP contribution in [-0.4, -0.2) is 30.8 Å². The molecular weight excluding hydrogens is 162 g/mol. The van der Waals surface area contributed by atoms with Crippen LogP contribution in [0.15, 0.2) is 0 Å². The van der Waals surface area contributed by atoms with E-state index >= 15 is 0 Å². The molecular formula is C11H23NO. The fraction of sp³-hybridized carbons (Fsp3) is 1.00. The summed E-state index contributed by atoms with van der Waals surface area (Å²) in [6.07, 6.45) is 1.29. The molecule has 0 aromatic rings. The van der Waals surface area contributed by atoms with Crippen molar-refractivity contribution in [3.63, 3.8) is 0 Å². The minimum atomic E-state index is 0.620. The third-order valence-corrected chi connectivity index (χ3v) is 2.64. The van der Waals surface area contributed by atoms with Gasteiger partial charge < -0.3 is 4.74 Å². The molecule has 0 radical (unpaired) electrons. The number of hydrogen-bond acceptors (Lipinski definition) is 2. The molecule has 13 heavy (non-hydrogen) atoms. The van der Waals surface area contributed by atoms with E-state index in [1.165, 1.54) is 13.0 Å². The third-order valence-electron chi connectivity index (χ3n) is 2.64. The van der Waals surface area contributed by atoms with E-state index in [1.807, 2.05) is 0 Å². The van der Waals surface area contributed by atoms with Crippen molar-refractivity contribution in [2.45, 2.75) is 40.2 Å². The van der Waals surface area contributed by atoms with Gasteiger partial charge in [0.1, 0.15) is 0 Å². The fourth-order valence-electron chi connectivity index (χ4n) is 1.94. The van der Waals surface area contributed by atoms with Gasteiger partial charge in [-0.25, -0.2) is 0 Å². The minimum Gasteiger partial charge on any atom is -0.366 e. The van der Waals surface area contributed by atoms with Crippen LogP contribution >= 0.6 is 0 Å². The first-order chi connectivity index (χ1) is 6.09. The van der Waals surface area contributed by atoms with E-state index in [-0.39, 0.29) is 0 Å². The molecule has 0 aromatic carbocycles. The molecule has 78 valence electrons. The first-order valence-electron chi connectivity index (χ1n) is 5.41. The van der Waals surface area contributed by atoms with Gasteiger partial charge in [0.25, 0.3) is 0 Å². The van der Waals surface area contributed by atoms with E-state index in [1.54, 1.807) is 0 Å². The highest BCUT2D eigenvalue weighted by Gasteiger charge is 2.22. The van der Waals surface area contributed by atoms with Crippen LogP contribution < -0.4 is 0 Å². The molecule has 0 aromatic heterocycles. The summed E-state index contributed by atoms with van der Waals surface area (Å²) in [6, 6.07) is 0.620. The summed E-state index contributed by atoms with van der Waals surface area (Å²) < 4.78 is 5.58. The number of ether oxygens (including phenoxy) is 1. The maximum absolute atomic E-state index is 5.58. The van der Waals surface area contributed by atoms with Crippen molar-refractivity contribution < 1.29 is 4.74 Å². The topological polar surface area (TPSA) is 12.5 Å². The lowest BCUT2D eigenvalue weighted by Gasteiger charge is -2.35. The van der Waals surface area contributed by atoms with Gasteiger partial charge in [-0.05, 0) is 32.1 Å². The van der Waals surface area contributed by atoms with Gasteiger partial charge >= 0.3 is 0 Å². The van der Waals surface area contributed by atoms with E-state index in [2.05, 4.69) is 32.6 Å². The molecule has 1 rings (SSSR count). The maximum atomic E-state index is 5.58. The van der Waals surface area contributed by atoms with Crippen LogP contribution in [-0.2, 0) is 4.74 Å². The lowest BCUT2D eigenvalue weighted by molar-refractivity contribution is -0.0637. The normalized spacial score (nSPS) is 25.8.